The summed E-state index contributed by atoms with van der Waals surface area (Å²) in [6.07, 6.45) is 5.19. The molecule has 3 rings (SSSR count). The molecule has 1 amide bonds. The molecule has 0 saturated heterocycles. The van der Waals surface area contributed by atoms with Crippen LogP contribution in [0.5, 0.6) is 0 Å². The van der Waals surface area contributed by atoms with E-state index in [0.717, 1.165) is 11.1 Å². The van der Waals surface area contributed by atoms with Gasteiger partial charge in [-0.3, -0.25) is 14.1 Å². The van der Waals surface area contributed by atoms with Gasteiger partial charge in [-0.1, -0.05) is 6.07 Å². The number of amides is 1. The lowest BCUT2D eigenvalue weighted by Gasteiger charge is -2.21. The monoisotopic (exact) mass is 345 g/mol. The van der Waals surface area contributed by atoms with Gasteiger partial charge in [-0.25, -0.2) is 8.42 Å². The lowest BCUT2D eigenvalue weighted by Crippen LogP contribution is -2.34. The van der Waals surface area contributed by atoms with Gasteiger partial charge in [0.25, 0.3) is 5.91 Å². The van der Waals surface area contributed by atoms with E-state index in [2.05, 4.69) is 10.3 Å². The first-order valence-electron chi connectivity index (χ1n) is 7.65. The van der Waals surface area contributed by atoms with Gasteiger partial charge in [-0.05, 0) is 48.7 Å². The summed E-state index contributed by atoms with van der Waals surface area (Å²) in [5.41, 5.74) is 2.99. The number of carbonyl (C=O) groups excluding carboxylic acids is 1. The van der Waals surface area contributed by atoms with Gasteiger partial charge in [-0.2, -0.15) is 0 Å². The van der Waals surface area contributed by atoms with Gasteiger partial charge in [0, 0.05) is 30.5 Å². The predicted molar refractivity (Wildman–Crippen MR) is 92.3 cm³/mol. The zero-order valence-corrected chi connectivity index (χ0v) is 14.4. The summed E-state index contributed by atoms with van der Waals surface area (Å²) in [5.74, 6) is -0.188. The highest BCUT2D eigenvalue weighted by Crippen LogP contribution is 2.34. The van der Waals surface area contributed by atoms with Crippen molar-refractivity contribution in [3.05, 3.63) is 59.4 Å². The van der Waals surface area contributed by atoms with E-state index in [1.807, 2.05) is 19.1 Å². The number of carbonyl (C=O) groups is 1. The highest BCUT2D eigenvalue weighted by Gasteiger charge is 2.32. The molecule has 0 spiro atoms. The Morgan fingerprint density at radius 2 is 2.17 bits per heavy atom. The summed E-state index contributed by atoms with van der Waals surface area (Å²) in [4.78, 5) is 16.3. The molecule has 2 heterocycles. The molecule has 2 aromatic rings. The zero-order chi connectivity index (χ0) is 17.3. The van der Waals surface area contributed by atoms with Crippen LogP contribution in [0.25, 0.3) is 0 Å². The van der Waals surface area contributed by atoms with Crippen molar-refractivity contribution in [1.82, 2.24) is 10.3 Å². The number of benzene rings is 1. The van der Waals surface area contributed by atoms with Crippen molar-refractivity contribution < 1.29 is 13.2 Å². The van der Waals surface area contributed by atoms with E-state index >= 15 is 0 Å². The maximum atomic E-state index is 12.3. The Bertz CT molecular complexity index is 866. The molecule has 1 aromatic heterocycles. The first kappa shape index (κ1) is 16.4. The molecule has 6 nitrogen and oxygen atoms in total. The smallest absolute Gasteiger partial charge is 0.251 e. The van der Waals surface area contributed by atoms with Gasteiger partial charge in [0.15, 0.2) is 0 Å². The normalized spacial score (nSPS) is 16.8. The van der Waals surface area contributed by atoms with E-state index < -0.39 is 10.0 Å². The number of pyridine rings is 1. The van der Waals surface area contributed by atoms with Gasteiger partial charge < -0.3 is 5.32 Å². The Morgan fingerprint density at radius 3 is 2.83 bits per heavy atom. The van der Waals surface area contributed by atoms with E-state index in [1.54, 1.807) is 30.6 Å². The third-order valence-electron chi connectivity index (χ3n) is 4.03. The van der Waals surface area contributed by atoms with Crippen LogP contribution >= 0.6 is 0 Å². The van der Waals surface area contributed by atoms with Crippen LogP contribution in [-0.4, -0.2) is 31.6 Å². The summed E-state index contributed by atoms with van der Waals surface area (Å²) in [7, 11) is -3.32. The Labute approximate surface area is 141 Å². The van der Waals surface area contributed by atoms with Crippen LogP contribution in [0.15, 0.2) is 42.7 Å². The van der Waals surface area contributed by atoms with Crippen molar-refractivity contribution in [3.63, 3.8) is 0 Å². The van der Waals surface area contributed by atoms with Gasteiger partial charge in [0.2, 0.25) is 10.0 Å². The SMILES string of the molecule is C[C@@H]1Cc2cc(C(=O)NCc3cccnc3)ccc2N1S(C)(=O)=O. The van der Waals surface area contributed by atoms with E-state index in [1.165, 1.54) is 10.6 Å². The standard InChI is InChI=1S/C17H19N3O3S/c1-12-8-15-9-14(5-6-16(15)20(12)24(2,22)23)17(21)19-11-13-4-3-7-18-10-13/h3-7,9-10,12H,8,11H2,1-2H3,(H,19,21)/t12-/m1/s1. The topological polar surface area (TPSA) is 79.4 Å². The van der Waals surface area contributed by atoms with E-state index in [-0.39, 0.29) is 11.9 Å². The molecular weight excluding hydrogens is 326 g/mol. The number of sulfonamides is 1. The second kappa shape index (κ2) is 6.24. The van der Waals surface area contributed by atoms with E-state index in [4.69, 9.17) is 0 Å². The number of rotatable bonds is 4. The van der Waals surface area contributed by atoms with Crippen molar-refractivity contribution in [3.8, 4) is 0 Å². The van der Waals surface area contributed by atoms with Crippen molar-refractivity contribution in [2.45, 2.75) is 25.9 Å². The lowest BCUT2D eigenvalue weighted by atomic mass is 10.1. The molecule has 0 bridgehead atoms. The van der Waals surface area contributed by atoms with Crippen molar-refractivity contribution >= 4 is 21.6 Å². The fourth-order valence-corrected chi connectivity index (χ4v) is 4.30. The maximum Gasteiger partial charge on any atom is 0.251 e. The second-order valence-electron chi connectivity index (χ2n) is 6.00. The van der Waals surface area contributed by atoms with Crippen molar-refractivity contribution in [2.75, 3.05) is 10.6 Å². The number of fused-ring (bicyclic) bond motifs is 1. The minimum atomic E-state index is -3.32. The van der Waals surface area contributed by atoms with Crippen LogP contribution < -0.4 is 9.62 Å². The van der Waals surface area contributed by atoms with Crippen LogP contribution in [0.1, 0.15) is 28.4 Å². The third-order valence-corrected chi connectivity index (χ3v) is 5.30. The summed E-state index contributed by atoms with van der Waals surface area (Å²) >= 11 is 0. The number of hydrogen-bond donors (Lipinski definition) is 1. The van der Waals surface area contributed by atoms with Crippen LogP contribution in [0.4, 0.5) is 5.69 Å². The number of anilines is 1. The molecule has 1 atom stereocenters. The average molecular weight is 345 g/mol. The molecule has 1 aliphatic heterocycles. The Hall–Kier alpha value is -2.41. The van der Waals surface area contributed by atoms with E-state index in [9.17, 15) is 13.2 Å². The first-order valence-corrected chi connectivity index (χ1v) is 9.50. The molecule has 126 valence electrons. The lowest BCUT2D eigenvalue weighted by molar-refractivity contribution is 0.0951. The molecule has 1 N–H and O–H groups in total. The highest BCUT2D eigenvalue weighted by molar-refractivity contribution is 7.92. The molecule has 0 unspecified atom stereocenters. The summed E-state index contributed by atoms with van der Waals surface area (Å²) in [6, 6.07) is 8.71. The van der Waals surface area contributed by atoms with Gasteiger partial charge >= 0.3 is 0 Å². The first-order chi connectivity index (χ1) is 11.4. The Morgan fingerprint density at radius 1 is 1.38 bits per heavy atom. The van der Waals surface area contributed by atoms with Crippen molar-refractivity contribution in [1.29, 1.82) is 0 Å². The van der Waals surface area contributed by atoms with Crippen LogP contribution in [0.3, 0.4) is 0 Å². The predicted octanol–water partition coefficient (Wildman–Crippen LogP) is 1.72. The van der Waals surface area contributed by atoms with Crippen molar-refractivity contribution in [2.24, 2.45) is 0 Å². The Kier molecular flexibility index (Phi) is 4.28. The summed E-state index contributed by atoms with van der Waals surface area (Å²) in [5, 5.41) is 2.85. The van der Waals surface area contributed by atoms with E-state index in [0.29, 0.717) is 24.2 Å². The number of nitrogens with one attached hydrogen (secondary N) is 1. The van der Waals surface area contributed by atoms with Crippen LogP contribution in [0, 0.1) is 0 Å². The summed E-state index contributed by atoms with van der Waals surface area (Å²) in [6.45, 7) is 2.26. The molecule has 0 aliphatic carbocycles. The molecular formula is C17H19N3O3S. The van der Waals surface area contributed by atoms with Crippen LogP contribution in [0.2, 0.25) is 0 Å². The molecule has 1 aromatic carbocycles. The fourth-order valence-electron chi connectivity index (χ4n) is 3.04. The molecule has 0 radical (unpaired) electrons. The second-order valence-corrected chi connectivity index (χ2v) is 7.86. The summed E-state index contributed by atoms with van der Waals surface area (Å²) < 4.78 is 25.3. The quantitative estimate of drug-likeness (QED) is 0.915. The van der Waals surface area contributed by atoms with Gasteiger partial charge in [0.05, 0.1) is 11.9 Å². The molecule has 7 heteroatoms. The largest absolute Gasteiger partial charge is 0.348 e. The number of nitrogens with zero attached hydrogens (tertiary/aromatic N) is 2. The number of hydrogen-bond acceptors (Lipinski definition) is 4. The Balaban J connectivity index is 1.77. The minimum absolute atomic E-state index is 0.135. The van der Waals surface area contributed by atoms with Gasteiger partial charge in [-0.15, -0.1) is 0 Å². The van der Waals surface area contributed by atoms with Gasteiger partial charge in [0.1, 0.15) is 0 Å². The highest BCUT2D eigenvalue weighted by atomic mass is 32.2. The minimum Gasteiger partial charge on any atom is -0.348 e. The molecule has 24 heavy (non-hydrogen) atoms. The fraction of sp³-hybridized carbons (Fsp3) is 0.294. The number of aromatic nitrogens is 1. The molecule has 1 aliphatic rings. The zero-order valence-electron chi connectivity index (χ0n) is 13.6. The molecule has 0 fully saturated rings. The van der Waals surface area contributed by atoms with Crippen LogP contribution in [-0.2, 0) is 23.0 Å². The molecule has 0 saturated carbocycles. The maximum absolute atomic E-state index is 12.3. The third kappa shape index (κ3) is 3.26. The average Bonchev–Trinajstić information content (AvgIpc) is 2.88.